The van der Waals surface area contributed by atoms with E-state index in [0.717, 1.165) is 26.3 Å². The molecular weight excluding hydrogens is 258 g/mol. The van der Waals surface area contributed by atoms with Gasteiger partial charge in [0, 0.05) is 13.2 Å². The zero-order valence-electron chi connectivity index (χ0n) is 14.2. The third-order valence-corrected chi connectivity index (χ3v) is 3.64. The summed E-state index contributed by atoms with van der Waals surface area (Å²) >= 11 is 0. The molecule has 0 aliphatic carbocycles. The Labute approximate surface area is 131 Å². The SMILES string of the molecule is CCCCCCCOCc1ccccc1CNCC(C)C. The molecule has 120 valence electrons. The van der Waals surface area contributed by atoms with E-state index in [0.29, 0.717) is 5.92 Å². The van der Waals surface area contributed by atoms with Gasteiger partial charge >= 0.3 is 0 Å². The monoisotopic (exact) mass is 291 g/mol. The maximum Gasteiger partial charge on any atom is 0.0720 e. The van der Waals surface area contributed by atoms with Gasteiger partial charge < -0.3 is 10.1 Å². The lowest BCUT2D eigenvalue weighted by atomic mass is 10.1. The van der Waals surface area contributed by atoms with Gasteiger partial charge in [0.2, 0.25) is 0 Å². The van der Waals surface area contributed by atoms with Crippen molar-refractivity contribution in [2.24, 2.45) is 5.92 Å². The lowest BCUT2D eigenvalue weighted by Gasteiger charge is -2.12. The van der Waals surface area contributed by atoms with Crippen LogP contribution < -0.4 is 5.32 Å². The van der Waals surface area contributed by atoms with Crippen molar-refractivity contribution < 1.29 is 4.74 Å². The Morgan fingerprint density at radius 1 is 1.00 bits per heavy atom. The summed E-state index contributed by atoms with van der Waals surface area (Å²) in [6, 6.07) is 8.60. The van der Waals surface area contributed by atoms with E-state index in [1.807, 2.05) is 0 Å². The molecule has 1 aromatic rings. The van der Waals surface area contributed by atoms with Gasteiger partial charge in [-0.25, -0.2) is 0 Å². The Balaban J connectivity index is 2.24. The molecule has 2 heteroatoms. The van der Waals surface area contributed by atoms with Crippen molar-refractivity contribution >= 4 is 0 Å². The van der Waals surface area contributed by atoms with Crippen molar-refractivity contribution in [3.63, 3.8) is 0 Å². The van der Waals surface area contributed by atoms with Crippen LogP contribution >= 0.6 is 0 Å². The van der Waals surface area contributed by atoms with Gasteiger partial charge in [-0.05, 0) is 30.0 Å². The van der Waals surface area contributed by atoms with Crippen LogP contribution in [-0.2, 0) is 17.9 Å². The van der Waals surface area contributed by atoms with Gasteiger partial charge in [-0.2, -0.15) is 0 Å². The van der Waals surface area contributed by atoms with Gasteiger partial charge in [-0.1, -0.05) is 70.7 Å². The Morgan fingerprint density at radius 2 is 1.71 bits per heavy atom. The van der Waals surface area contributed by atoms with E-state index in [1.54, 1.807) is 0 Å². The highest BCUT2D eigenvalue weighted by Crippen LogP contribution is 2.11. The summed E-state index contributed by atoms with van der Waals surface area (Å²) in [6.07, 6.45) is 6.48. The molecule has 0 spiro atoms. The van der Waals surface area contributed by atoms with Gasteiger partial charge in [0.15, 0.2) is 0 Å². The fraction of sp³-hybridized carbons (Fsp3) is 0.684. The number of unbranched alkanes of at least 4 members (excludes halogenated alkanes) is 4. The highest BCUT2D eigenvalue weighted by molar-refractivity contribution is 5.26. The average molecular weight is 291 g/mol. The molecule has 0 aliphatic heterocycles. The summed E-state index contributed by atoms with van der Waals surface area (Å²) in [5.41, 5.74) is 2.69. The molecule has 0 heterocycles. The van der Waals surface area contributed by atoms with Crippen LogP contribution in [-0.4, -0.2) is 13.2 Å². The number of ether oxygens (including phenoxy) is 1. The summed E-state index contributed by atoms with van der Waals surface area (Å²) in [7, 11) is 0. The van der Waals surface area contributed by atoms with E-state index in [1.165, 1.54) is 43.2 Å². The first-order valence-electron chi connectivity index (χ1n) is 8.59. The standard InChI is InChI=1S/C19H33NO/c1-4-5-6-7-10-13-21-16-19-12-9-8-11-18(19)15-20-14-17(2)3/h8-9,11-12,17,20H,4-7,10,13-16H2,1-3H3. The molecule has 1 N–H and O–H groups in total. The molecule has 2 nitrogen and oxygen atoms in total. The Morgan fingerprint density at radius 3 is 2.43 bits per heavy atom. The average Bonchev–Trinajstić information content (AvgIpc) is 2.47. The van der Waals surface area contributed by atoms with Crippen molar-refractivity contribution in [2.45, 2.75) is 66.0 Å². The molecule has 0 saturated carbocycles. The van der Waals surface area contributed by atoms with Crippen LogP contribution in [0.1, 0.15) is 64.0 Å². The predicted molar refractivity (Wildman–Crippen MR) is 91.4 cm³/mol. The topological polar surface area (TPSA) is 21.3 Å². The molecule has 0 aliphatic rings. The molecule has 0 amide bonds. The fourth-order valence-corrected chi connectivity index (χ4v) is 2.36. The number of rotatable bonds is 12. The second-order valence-electron chi connectivity index (χ2n) is 6.26. The van der Waals surface area contributed by atoms with Crippen molar-refractivity contribution in [3.8, 4) is 0 Å². The first-order chi connectivity index (χ1) is 10.2. The lowest BCUT2D eigenvalue weighted by molar-refractivity contribution is 0.116. The third kappa shape index (κ3) is 8.90. The molecule has 0 saturated heterocycles. The quantitative estimate of drug-likeness (QED) is 0.552. The van der Waals surface area contributed by atoms with Gasteiger partial charge in [0.1, 0.15) is 0 Å². The zero-order valence-corrected chi connectivity index (χ0v) is 14.2. The van der Waals surface area contributed by atoms with Crippen LogP contribution in [0.2, 0.25) is 0 Å². The number of nitrogens with one attached hydrogen (secondary N) is 1. The lowest BCUT2D eigenvalue weighted by Crippen LogP contribution is -2.19. The highest BCUT2D eigenvalue weighted by atomic mass is 16.5. The fourth-order valence-electron chi connectivity index (χ4n) is 2.36. The maximum atomic E-state index is 5.84. The normalized spacial score (nSPS) is 11.2. The van der Waals surface area contributed by atoms with Crippen LogP contribution in [0.5, 0.6) is 0 Å². The van der Waals surface area contributed by atoms with E-state index >= 15 is 0 Å². The van der Waals surface area contributed by atoms with E-state index in [4.69, 9.17) is 4.74 Å². The Bertz CT molecular complexity index is 362. The van der Waals surface area contributed by atoms with Gasteiger partial charge in [0.25, 0.3) is 0 Å². The van der Waals surface area contributed by atoms with Gasteiger partial charge in [-0.3, -0.25) is 0 Å². The minimum absolute atomic E-state index is 0.691. The summed E-state index contributed by atoms with van der Waals surface area (Å²) < 4.78 is 5.84. The van der Waals surface area contributed by atoms with Crippen molar-refractivity contribution in [2.75, 3.05) is 13.2 Å². The van der Waals surface area contributed by atoms with E-state index in [9.17, 15) is 0 Å². The van der Waals surface area contributed by atoms with Crippen molar-refractivity contribution in [3.05, 3.63) is 35.4 Å². The minimum atomic E-state index is 0.691. The van der Waals surface area contributed by atoms with Crippen LogP contribution in [0.15, 0.2) is 24.3 Å². The Kier molecular flexibility index (Phi) is 10.2. The van der Waals surface area contributed by atoms with Crippen molar-refractivity contribution in [1.82, 2.24) is 5.32 Å². The maximum absolute atomic E-state index is 5.84. The van der Waals surface area contributed by atoms with Crippen LogP contribution in [0.3, 0.4) is 0 Å². The van der Waals surface area contributed by atoms with Crippen LogP contribution in [0.4, 0.5) is 0 Å². The third-order valence-electron chi connectivity index (χ3n) is 3.64. The molecular formula is C19H33NO. The predicted octanol–water partition coefficient (Wildman–Crippen LogP) is 4.92. The highest BCUT2D eigenvalue weighted by Gasteiger charge is 2.02. The molecule has 0 bridgehead atoms. The minimum Gasteiger partial charge on any atom is -0.377 e. The van der Waals surface area contributed by atoms with Crippen molar-refractivity contribution in [1.29, 1.82) is 0 Å². The zero-order chi connectivity index (χ0) is 15.3. The first-order valence-corrected chi connectivity index (χ1v) is 8.59. The smallest absolute Gasteiger partial charge is 0.0720 e. The molecule has 0 unspecified atom stereocenters. The van der Waals surface area contributed by atoms with E-state index in [2.05, 4.69) is 50.4 Å². The Hall–Kier alpha value is -0.860. The van der Waals surface area contributed by atoms with Gasteiger partial charge in [-0.15, -0.1) is 0 Å². The van der Waals surface area contributed by atoms with Gasteiger partial charge in [0.05, 0.1) is 6.61 Å². The summed E-state index contributed by atoms with van der Waals surface area (Å²) in [5.74, 6) is 0.691. The molecule has 0 aromatic heterocycles. The van der Waals surface area contributed by atoms with E-state index in [-0.39, 0.29) is 0 Å². The second-order valence-corrected chi connectivity index (χ2v) is 6.26. The molecule has 0 radical (unpaired) electrons. The molecule has 0 fully saturated rings. The molecule has 1 rings (SSSR count). The number of hydrogen-bond donors (Lipinski definition) is 1. The summed E-state index contributed by atoms with van der Waals surface area (Å²) in [5, 5.41) is 3.51. The summed E-state index contributed by atoms with van der Waals surface area (Å²) in [4.78, 5) is 0. The first kappa shape index (κ1) is 18.2. The van der Waals surface area contributed by atoms with Crippen LogP contribution in [0, 0.1) is 5.92 Å². The second kappa shape index (κ2) is 11.8. The number of hydrogen-bond acceptors (Lipinski definition) is 2. The van der Waals surface area contributed by atoms with Crippen LogP contribution in [0.25, 0.3) is 0 Å². The number of benzene rings is 1. The molecule has 0 atom stereocenters. The summed E-state index contributed by atoms with van der Waals surface area (Å²) in [6.45, 7) is 10.4. The molecule has 21 heavy (non-hydrogen) atoms. The molecule has 1 aromatic carbocycles. The largest absolute Gasteiger partial charge is 0.377 e. The van der Waals surface area contributed by atoms with E-state index < -0.39 is 0 Å².